The first-order valence-corrected chi connectivity index (χ1v) is 10.0. The lowest BCUT2D eigenvalue weighted by Crippen LogP contribution is -2.47. The van der Waals surface area contributed by atoms with Crippen molar-refractivity contribution in [2.45, 2.75) is 32.7 Å². The molecule has 154 valence electrons. The molecular weight excluding hydrogens is 370 g/mol. The van der Waals surface area contributed by atoms with Gasteiger partial charge in [0.25, 0.3) is 0 Å². The number of nitrogens with zero attached hydrogens (tertiary/aromatic N) is 4. The van der Waals surface area contributed by atoms with Crippen LogP contribution in [-0.2, 0) is 11.8 Å². The molecule has 8 nitrogen and oxygen atoms in total. The molecule has 3 heterocycles. The maximum atomic E-state index is 11.9. The molecule has 1 amide bonds. The van der Waals surface area contributed by atoms with Crippen LogP contribution in [0.5, 0.6) is 0 Å². The number of piperidine rings is 1. The molecule has 2 N–H and O–H groups in total. The van der Waals surface area contributed by atoms with E-state index in [0.29, 0.717) is 43.5 Å². The normalized spacial score (nSPS) is 18.2. The molecule has 1 fully saturated rings. The van der Waals surface area contributed by atoms with Gasteiger partial charge in [0.15, 0.2) is 0 Å². The molecule has 8 heteroatoms. The van der Waals surface area contributed by atoms with E-state index < -0.39 is 0 Å². The number of benzene rings is 1. The molecule has 2 aliphatic rings. The summed E-state index contributed by atoms with van der Waals surface area (Å²) >= 11 is 0. The predicted molar refractivity (Wildman–Crippen MR) is 111 cm³/mol. The molecule has 0 aliphatic carbocycles. The summed E-state index contributed by atoms with van der Waals surface area (Å²) in [5, 5.41) is 19.4. The number of fused-ring (bicyclic) bond motifs is 1. The molecule has 29 heavy (non-hydrogen) atoms. The van der Waals surface area contributed by atoms with Crippen LogP contribution in [0.3, 0.4) is 0 Å². The quantitative estimate of drug-likeness (QED) is 0.830. The van der Waals surface area contributed by atoms with Crippen LogP contribution in [0.1, 0.15) is 31.2 Å². The fourth-order valence-corrected chi connectivity index (χ4v) is 4.25. The van der Waals surface area contributed by atoms with Crippen molar-refractivity contribution in [1.29, 1.82) is 5.41 Å². The fourth-order valence-electron chi connectivity index (χ4n) is 4.25. The average Bonchev–Trinajstić information content (AvgIpc) is 3.17. The van der Waals surface area contributed by atoms with Gasteiger partial charge in [-0.25, -0.2) is 9.78 Å². The Hall–Kier alpha value is -3.03. The highest BCUT2D eigenvalue weighted by Crippen LogP contribution is 2.32. The molecule has 0 atom stereocenters. The third-order valence-electron chi connectivity index (χ3n) is 5.82. The number of hydrogen-bond acceptors (Lipinski definition) is 5. The SMILES string of the molecule is CCOC(=O)N1CCC(N2CC(O)=C(c3nc4cc(C)ccc4n3C)C2=N)CC1. The number of aliphatic hydroxyl groups excluding tert-OH is 1. The summed E-state index contributed by atoms with van der Waals surface area (Å²) in [6, 6.07) is 6.16. The molecule has 4 rings (SSSR count). The second-order valence-corrected chi connectivity index (χ2v) is 7.70. The number of aryl methyl sites for hydroxylation is 2. The molecule has 0 saturated carbocycles. The number of ether oxygens (including phenoxy) is 1. The third kappa shape index (κ3) is 3.32. The van der Waals surface area contributed by atoms with E-state index in [-0.39, 0.29) is 17.9 Å². The summed E-state index contributed by atoms with van der Waals surface area (Å²) in [7, 11) is 1.91. The van der Waals surface area contributed by atoms with Gasteiger partial charge in [-0.1, -0.05) is 6.07 Å². The zero-order valence-electron chi connectivity index (χ0n) is 17.1. The zero-order chi connectivity index (χ0) is 20.7. The molecule has 0 unspecified atom stereocenters. The van der Waals surface area contributed by atoms with E-state index in [9.17, 15) is 9.90 Å². The number of likely N-dealkylation sites (tertiary alicyclic amines) is 1. The van der Waals surface area contributed by atoms with E-state index in [2.05, 4.69) is 0 Å². The Bertz CT molecular complexity index is 1000. The van der Waals surface area contributed by atoms with Crippen LogP contribution in [0.25, 0.3) is 16.6 Å². The second-order valence-electron chi connectivity index (χ2n) is 7.70. The summed E-state index contributed by atoms with van der Waals surface area (Å²) in [5.41, 5.74) is 3.45. The van der Waals surface area contributed by atoms with Crippen LogP contribution in [0.15, 0.2) is 24.0 Å². The van der Waals surface area contributed by atoms with Crippen LogP contribution in [0.4, 0.5) is 4.79 Å². The first-order valence-electron chi connectivity index (χ1n) is 10.0. The van der Waals surface area contributed by atoms with E-state index in [4.69, 9.17) is 15.1 Å². The summed E-state index contributed by atoms with van der Waals surface area (Å²) in [5.74, 6) is 1.09. The average molecular weight is 397 g/mol. The maximum Gasteiger partial charge on any atom is 0.409 e. The highest BCUT2D eigenvalue weighted by atomic mass is 16.6. The van der Waals surface area contributed by atoms with Gasteiger partial charge in [0.1, 0.15) is 17.4 Å². The standard InChI is InChI=1S/C21H27N5O3/c1-4-29-21(28)25-9-7-14(8-10-25)26-12-17(27)18(19(26)22)20-23-15-11-13(2)5-6-16(15)24(20)3/h5-6,11,14,22,27H,4,7-10,12H2,1-3H3. The molecule has 0 spiro atoms. The Morgan fingerprint density at radius 1 is 1.34 bits per heavy atom. The summed E-state index contributed by atoms with van der Waals surface area (Å²) in [6.45, 7) is 5.68. The molecule has 2 aromatic rings. The minimum Gasteiger partial charge on any atom is -0.510 e. The maximum absolute atomic E-state index is 11.9. The summed E-state index contributed by atoms with van der Waals surface area (Å²) in [6.07, 6.45) is 1.20. The van der Waals surface area contributed by atoms with Crippen molar-refractivity contribution >= 4 is 28.5 Å². The summed E-state index contributed by atoms with van der Waals surface area (Å²) < 4.78 is 7.01. The number of amidine groups is 1. The molecule has 1 saturated heterocycles. The van der Waals surface area contributed by atoms with Gasteiger partial charge in [-0.3, -0.25) is 5.41 Å². The van der Waals surface area contributed by atoms with Gasteiger partial charge >= 0.3 is 6.09 Å². The topological polar surface area (TPSA) is 94.7 Å². The lowest BCUT2D eigenvalue weighted by molar-refractivity contribution is 0.0876. The molecule has 0 bridgehead atoms. The number of hydrogen-bond donors (Lipinski definition) is 2. The van der Waals surface area contributed by atoms with Crippen molar-refractivity contribution in [3.05, 3.63) is 35.3 Å². The Morgan fingerprint density at radius 2 is 2.07 bits per heavy atom. The highest BCUT2D eigenvalue weighted by Gasteiger charge is 2.37. The fraction of sp³-hybridized carbons (Fsp3) is 0.476. The first kappa shape index (κ1) is 19.3. The molecule has 0 radical (unpaired) electrons. The smallest absolute Gasteiger partial charge is 0.409 e. The van der Waals surface area contributed by atoms with Gasteiger partial charge < -0.3 is 24.2 Å². The van der Waals surface area contributed by atoms with Crippen LogP contribution in [0, 0.1) is 12.3 Å². The number of aliphatic hydroxyl groups is 1. The second kappa shape index (κ2) is 7.42. The lowest BCUT2D eigenvalue weighted by Gasteiger charge is -2.37. The van der Waals surface area contributed by atoms with Crippen molar-refractivity contribution < 1.29 is 14.6 Å². The number of amides is 1. The minimum atomic E-state index is -0.279. The number of rotatable bonds is 3. The Labute approximate surface area is 169 Å². The van der Waals surface area contributed by atoms with Crippen LogP contribution in [0.2, 0.25) is 0 Å². The van der Waals surface area contributed by atoms with Crippen LogP contribution in [-0.4, -0.2) is 68.7 Å². The predicted octanol–water partition coefficient (Wildman–Crippen LogP) is 3.06. The summed E-state index contributed by atoms with van der Waals surface area (Å²) in [4.78, 5) is 20.3. The van der Waals surface area contributed by atoms with E-state index >= 15 is 0 Å². The van der Waals surface area contributed by atoms with E-state index in [1.807, 2.05) is 41.6 Å². The van der Waals surface area contributed by atoms with Crippen molar-refractivity contribution in [3.8, 4) is 0 Å². The number of carbonyl (C=O) groups excluding carboxylic acids is 1. The van der Waals surface area contributed by atoms with Crippen molar-refractivity contribution in [3.63, 3.8) is 0 Å². The first-order chi connectivity index (χ1) is 13.9. The lowest BCUT2D eigenvalue weighted by atomic mass is 10.0. The Kier molecular flexibility index (Phi) is 4.94. The zero-order valence-corrected chi connectivity index (χ0v) is 17.1. The van der Waals surface area contributed by atoms with Crippen LogP contribution < -0.4 is 0 Å². The monoisotopic (exact) mass is 397 g/mol. The largest absolute Gasteiger partial charge is 0.510 e. The van der Waals surface area contributed by atoms with Gasteiger partial charge in [-0.05, 0) is 44.4 Å². The van der Waals surface area contributed by atoms with Gasteiger partial charge in [0.05, 0.1) is 29.8 Å². The van der Waals surface area contributed by atoms with E-state index in [1.165, 1.54) is 0 Å². The number of aromatic nitrogens is 2. The molecule has 1 aromatic carbocycles. The van der Waals surface area contributed by atoms with Gasteiger partial charge in [0.2, 0.25) is 0 Å². The number of nitrogens with one attached hydrogen (secondary N) is 1. The van der Waals surface area contributed by atoms with Gasteiger partial charge in [-0.15, -0.1) is 0 Å². The third-order valence-corrected chi connectivity index (χ3v) is 5.82. The van der Waals surface area contributed by atoms with Gasteiger partial charge in [0, 0.05) is 26.2 Å². The van der Waals surface area contributed by atoms with Gasteiger partial charge in [-0.2, -0.15) is 0 Å². The molecule has 2 aliphatic heterocycles. The van der Waals surface area contributed by atoms with E-state index in [1.54, 1.807) is 11.8 Å². The van der Waals surface area contributed by atoms with E-state index in [0.717, 1.165) is 29.4 Å². The number of imidazole rings is 1. The Morgan fingerprint density at radius 3 is 2.76 bits per heavy atom. The number of carbonyl (C=O) groups is 1. The minimum absolute atomic E-state index is 0.102. The molecule has 1 aromatic heterocycles. The van der Waals surface area contributed by atoms with Crippen molar-refractivity contribution in [2.24, 2.45) is 7.05 Å². The van der Waals surface area contributed by atoms with Crippen molar-refractivity contribution in [2.75, 3.05) is 26.2 Å². The highest BCUT2D eigenvalue weighted by molar-refractivity contribution is 6.23. The molecular formula is C21H27N5O3. The van der Waals surface area contributed by atoms with Crippen LogP contribution >= 0.6 is 0 Å². The van der Waals surface area contributed by atoms with Crippen molar-refractivity contribution in [1.82, 2.24) is 19.4 Å². The Balaban J connectivity index is 1.53.